The maximum absolute atomic E-state index is 13.8. The molecule has 0 atom stereocenters. The van der Waals surface area contributed by atoms with E-state index < -0.39 is 7.53 Å². The average molecular weight is 185 g/mol. The Balaban J connectivity index is 3.09. The van der Waals surface area contributed by atoms with E-state index in [0.29, 0.717) is 13.1 Å². The van der Waals surface area contributed by atoms with Gasteiger partial charge < -0.3 is 0 Å². The minimum absolute atomic E-state index is 0.123. The van der Waals surface area contributed by atoms with Gasteiger partial charge in [-0.1, -0.05) is 0 Å². The van der Waals surface area contributed by atoms with E-state index in [0.717, 1.165) is 6.66 Å². The standard InChI is InChI=1S/C6H16F2N2P/c1-9-5-6-10(2,3)11(9,4,7)8/h5-6H2,1-4H3/q+1. The van der Waals surface area contributed by atoms with Crippen molar-refractivity contribution in [2.45, 2.75) is 0 Å². The summed E-state index contributed by atoms with van der Waals surface area (Å²) in [6, 6.07) is 0. The van der Waals surface area contributed by atoms with Crippen LogP contribution in [-0.4, -0.2) is 49.8 Å². The van der Waals surface area contributed by atoms with Crippen molar-refractivity contribution < 1.29 is 12.6 Å². The summed E-state index contributed by atoms with van der Waals surface area (Å²) in [5.41, 5.74) is 0. The topological polar surface area (TPSA) is 3.24 Å². The Morgan fingerprint density at radius 1 is 1.36 bits per heavy atom. The van der Waals surface area contributed by atoms with Crippen LogP contribution in [0.4, 0.5) is 8.39 Å². The summed E-state index contributed by atoms with van der Waals surface area (Å²) in [7, 11) is 0.177. The molecule has 0 amide bonds. The van der Waals surface area contributed by atoms with E-state index in [9.17, 15) is 8.39 Å². The summed E-state index contributed by atoms with van der Waals surface area (Å²) in [4.78, 5) is 0. The first-order valence-electron chi connectivity index (χ1n) is 3.66. The molecule has 0 N–H and O–H groups in total. The Hall–Kier alpha value is 0.210. The second-order valence-electron chi connectivity index (χ2n) is 3.92. The van der Waals surface area contributed by atoms with Crippen molar-refractivity contribution in [1.82, 2.24) is 4.67 Å². The fourth-order valence-corrected chi connectivity index (χ4v) is 3.13. The van der Waals surface area contributed by atoms with Gasteiger partial charge in [0.2, 0.25) is 0 Å². The molecule has 5 heteroatoms. The van der Waals surface area contributed by atoms with E-state index in [-0.39, 0.29) is 4.25 Å². The predicted octanol–water partition coefficient (Wildman–Crippen LogP) is 1.79. The SMILES string of the molecule is CN1CC[N+](C)(C)P1(C)(F)F. The summed E-state index contributed by atoms with van der Waals surface area (Å²) in [6.07, 6.45) is 0. The molecule has 1 fully saturated rings. The third kappa shape index (κ3) is 1.00. The number of rotatable bonds is 0. The molecule has 1 aliphatic heterocycles. The molecule has 68 valence electrons. The Bertz CT molecular complexity index is 185. The third-order valence-electron chi connectivity index (χ3n) is 2.92. The molecule has 0 unspecified atom stereocenters. The number of hydrogen-bond acceptors (Lipinski definition) is 1. The molecule has 0 aromatic carbocycles. The van der Waals surface area contributed by atoms with Crippen LogP contribution < -0.4 is 0 Å². The van der Waals surface area contributed by atoms with Crippen molar-refractivity contribution in [1.29, 1.82) is 0 Å². The summed E-state index contributed by atoms with van der Waals surface area (Å²) >= 11 is 0. The van der Waals surface area contributed by atoms with Crippen LogP contribution in [0.2, 0.25) is 0 Å². The number of quaternary nitrogens is 1. The second kappa shape index (κ2) is 1.93. The van der Waals surface area contributed by atoms with Gasteiger partial charge in [-0.2, -0.15) is 0 Å². The van der Waals surface area contributed by atoms with Crippen LogP contribution in [0.3, 0.4) is 0 Å². The Morgan fingerprint density at radius 3 is 1.91 bits per heavy atom. The first kappa shape index (κ1) is 9.30. The zero-order valence-electron chi connectivity index (χ0n) is 7.51. The number of halogens is 2. The summed E-state index contributed by atoms with van der Waals surface area (Å²) in [5.74, 6) is 0. The summed E-state index contributed by atoms with van der Waals surface area (Å²) < 4.78 is 28.8. The molecule has 0 bridgehead atoms. The molecule has 0 aliphatic carbocycles. The maximum atomic E-state index is 13.8. The third-order valence-corrected chi connectivity index (χ3v) is 7.21. The van der Waals surface area contributed by atoms with E-state index in [1.54, 1.807) is 14.1 Å². The fraction of sp³-hybridized carbons (Fsp3) is 1.00. The van der Waals surface area contributed by atoms with Gasteiger partial charge in [0.1, 0.15) is 0 Å². The monoisotopic (exact) mass is 185 g/mol. The van der Waals surface area contributed by atoms with Crippen LogP contribution in [0.1, 0.15) is 0 Å². The Kier molecular flexibility index (Phi) is 1.63. The molecule has 1 saturated heterocycles. The molecule has 0 saturated carbocycles. The van der Waals surface area contributed by atoms with Crippen LogP contribution >= 0.6 is 7.53 Å². The average Bonchev–Trinajstić information content (AvgIpc) is 1.91. The van der Waals surface area contributed by atoms with Gasteiger partial charge in [0.25, 0.3) is 0 Å². The van der Waals surface area contributed by atoms with Gasteiger partial charge in [0, 0.05) is 0 Å². The molecule has 2 nitrogen and oxygen atoms in total. The summed E-state index contributed by atoms with van der Waals surface area (Å²) in [6.45, 7) is 2.19. The van der Waals surface area contributed by atoms with E-state index >= 15 is 0 Å². The quantitative estimate of drug-likeness (QED) is 0.520. The fourth-order valence-electron chi connectivity index (χ4n) is 1.24. The van der Waals surface area contributed by atoms with Gasteiger partial charge in [-0.15, -0.1) is 0 Å². The molecule has 1 aliphatic rings. The first-order chi connectivity index (χ1) is 4.66. The second-order valence-corrected chi connectivity index (χ2v) is 8.07. The van der Waals surface area contributed by atoms with Crippen LogP contribution in [-0.2, 0) is 0 Å². The van der Waals surface area contributed by atoms with Gasteiger partial charge in [-0.25, -0.2) is 0 Å². The Labute approximate surface area is 66.6 Å². The van der Waals surface area contributed by atoms with Crippen LogP contribution in [0, 0.1) is 0 Å². The van der Waals surface area contributed by atoms with Gasteiger partial charge in [-0.05, 0) is 0 Å². The predicted molar refractivity (Wildman–Crippen MR) is 44.7 cm³/mol. The van der Waals surface area contributed by atoms with Gasteiger partial charge >= 0.3 is 65.7 Å². The van der Waals surface area contributed by atoms with Crippen molar-refractivity contribution >= 4 is 7.53 Å². The van der Waals surface area contributed by atoms with E-state index in [4.69, 9.17) is 0 Å². The molecular formula is C6H16F2N2P+. The molecule has 1 heterocycles. The van der Waals surface area contributed by atoms with E-state index in [1.807, 2.05) is 0 Å². The minimum atomic E-state index is -4.57. The van der Waals surface area contributed by atoms with Crippen molar-refractivity contribution in [3.63, 3.8) is 0 Å². The molecule has 0 radical (unpaired) electrons. The molecule has 0 spiro atoms. The van der Waals surface area contributed by atoms with Crippen molar-refractivity contribution in [3.05, 3.63) is 0 Å². The zero-order valence-corrected chi connectivity index (χ0v) is 8.41. The van der Waals surface area contributed by atoms with Gasteiger partial charge in [0.15, 0.2) is 0 Å². The molecule has 0 aromatic heterocycles. The molecule has 1 rings (SSSR count). The van der Waals surface area contributed by atoms with Crippen LogP contribution in [0.15, 0.2) is 0 Å². The normalized spacial score (nSPS) is 37.8. The zero-order chi connectivity index (χ0) is 8.94. The number of hydrogen-bond donors (Lipinski definition) is 0. The van der Waals surface area contributed by atoms with Crippen molar-refractivity contribution in [2.24, 2.45) is 0 Å². The molecule has 0 aromatic rings. The van der Waals surface area contributed by atoms with E-state index in [2.05, 4.69) is 0 Å². The first-order valence-corrected chi connectivity index (χ1v) is 6.03. The summed E-state index contributed by atoms with van der Waals surface area (Å²) in [5, 5.41) is 0. The molecular weight excluding hydrogens is 169 g/mol. The van der Waals surface area contributed by atoms with E-state index in [1.165, 1.54) is 11.7 Å². The van der Waals surface area contributed by atoms with Gasteiger partial charge in [-0.3, -0.25) is 0 Å². The van der Waals surface area contributed by atoms with Crippen LogP contribution in [0.25, 0.3) is 0 Å². The Morgan fingerprint density at radius 2 is 1.82 bits per heavy atom. The number of likely N-dealkylation sites (N-methyl/N-ethyl adjacent to an activating group) is 2. The van der Waals surface area contributed by atoms with Crippen molar-refractivity contribution in [2.75, 3.05) is 40.9 Å². The van der Waals surface area contributed by atoms with Gasteiger partial charge in [0.05, 0.1) is 0 Å². The van der Waals surface area contributed by atoms with Crippen molar-refractivity contribution in [3.8, 4) is 0 Å². The van der Waals surface area contributed by atoms with Crippen LogP contribution in [0.5, 0.6) is 0 Å². The molecule has 11 heavy (non-hydrogen) atoms. The number of nitrogens with zero attached hydrogens (tertiary/aromatic N) is 2.